The molecule has 0 amide bonds. The topological polar surface area (TPSA) is 43.8 Å². The first kappa shape index (κ1) is 12.9. The van der Waals surface area contributed by atoms with Gasteiger partial charge in [0.2, 0.25) is 0 Å². The van der Waals surface area contributed by atoms with Gasteiger partial charge in [-0.2, -0.15) is 0 Å². The van der Waals surface area contributed by atoms with Crippen molar-refractivity contribution in [2.75, 3.05) is 0 Å². The van der Waals surface area contributed by atoms with E-state index in [-0.39, 0.29) is 6.04 Å². The number of benzene rings is 1. The van der Waals surface area contributed by atoms with Gasteiger partial charge in [-0.15, -0.1) is 0 Å². The Morgan fingerprint density at radius 3 is 2.85 bits per heavy atom. The van der Waals surface area contributed by atoms with Gasteiger partial charge in [-0.05, 0) is 42.7 Å². The molecule has 0 aliphatic carbocycles. The molecular weight excluding hydrogens is 246 g/mol. The highest BCUT2D eigenvalue weighted by Gasteiger charge is 2.07. The maximum Gasteiger partial charge on any atom is 0.0491 e. The van der Waals surface area contributed by atoms with E-state index in [9.17, 15) is 0 Å². The lowest BCUT2D eigenvalue weighted by atomic mass is 10.0. The Hall–Kier alpha value is -2.13. The van der Waals surface area contributed by atoms with Crippen molar-refractivity contribution < 1.29 is 0 Å². The molecule has 3 aromatic rings. The van der Waals surface area contributed by atoms with Crippen LogP contribution in [0.1, 0.15) is 18.1 Å². The van der Waals surface area contributed by atoms with Crippen LogP contribution < -0.4 is 5.73 Å². The molecular formula is C17H19N3. The summed E-state index contributed by atoms with van der Waals surface area (Å²) < 4.78 is 2.26. The van der Waals surface area contributed by atoms with Gasteiger partial charge >= 0.3 is 0 Å². The fraction of sp³-hybridized carbons (Fsp3) is 0.235. The molecule has 102 valence electrons. The first-order valence-electron chi connectivity index (χ1n) is 6.95. The number of nitrogens with zero attached hydrogens (tertiary/aromatic N) is 2. The minimum atomic E-state index is 0.183. The number of pyridine rings is 1. The summed E-state index contributed by atoms with van der Waals surface area (Å²) in [5, 5.41) is 1.30. The minimum Gasteiger partial charge on any atom is -0.343 e. The van der Waals surface area contributed by atoms with E-state index in [1.807, 2.05) is 19.2 Å². The third-order valence-corrected chi connectivity index (χ3v) is 3.52. The van der Waals surface area contributed by atoms with Gasteiger partial charge in [-0.1, -0.05) is 18.2 Å². The second-order valence-electron chi connectivity index (χ2n) is 5.34. The van der Waals surface area contributed by atoms with Crippen molar-refractivity contribution in [1.29, 1.82) is 0 Å². The summed E-state index contributed by atoms with van der Waals surface area (Å²) in [7, 11) is 0. The van der Waals surface area contributed by atoms with Crippen LogP contribution in [0.5, 0.6) is 0 Å². The summed E-state index contributed by atoms with van der Waals surface area (Å²) in [6, 6.07) is 12.9. The van der Waals surface area contributed by atoms with Gasteiger partial charge < -0.3 is 10.3 Å². The zero-order valence-electron chi connectivity index (χ0n) is 11.7. The van der Waals surface area contributed by atoms with Gasteiger partial charge in [-0.25, -0.2) is 0 Å². The standard InChI is InChI=1S/C17H19N3/c1-13(18)10-15-5-2-6-17-16(15)7-9-20(17)12-14-4-3-8-19-11-14/h2-9,11,13H,10,12,18H2,1H3. The molecule has 3 rings (SSSR count). The molecule has 3 nitrogen and oxygen atoms in total. The van der Waals surface area contributed by atoms with E-state index in [1.54, 1.807) is 6.20 Å². The van der Waals surface area contributed by atoms with Crippen molar-refractivity contribution in [3.05, 3.63) is 66.1 Å². The molecule has 0 radical (unpaired) electrons. The highest BCUT2D eigenvalue weighted by molar-refractivity contribution is 5.83. The number of fused-ring (bicyclic) bond motifs is 1. The summed E-state index contributed by atoms with van der Waals surface area (Å²) in [4.78, 5) is 4.17. The van der Waals surface area contributed by atoms with E-state index in [1.165, 1.54) is 22.0 Å². The molecule has 0 fully saturated rings. The van der Waals surface area contributed by atoms with E-state index in [0.717, 1.165) is 13.0 Å². The lowest BCUT2D eigenvalue weighted by Crippen LogP contribution is -2.17. The van der Waals surface area contributed by atoms with Crippen LogP contribution in [-0.4, -0.2) is 15.6 Å². The summed E-state index contributed by atoms with van der Waals surface area (Å²) >= 11 is 0. The monoisotopic (exact) mass is 265 g/mol. The summed E-state index contributed by atoms with van der Waals surface area (Å²) in [5.74, 6) is 0. The SMILES string of the molecule is CC(N)Cc1cccc2c1ccn2Cc1cccnc1. The van der Waals surface area contributed by atoms with E-state index < -0.39 is 0 Å². The van der Waals surface area contributed by atoms with Crippen LogP contribution in [0.4, 0.5) is 0 Å². The minimum absolute atomic E-state index is 0.183. The molecule has 20 heavy (non-hydrogen) atoms. The van der Waals surface area contributed by atoms with Crippen LogP contribution in [0.2, 0.25) is 0 Å². The van der Waals surface area contributed by atoms with Crippen LogP contribution >= 0.6 is 0 Å². The predicted molar refractivity (Wildman–Crippen MR) is 82.6 cm³/mol. The summed E-state index contributed by atoms with van der Waals surface area (Å²) in [6.45, 7) is 2.89. The maximum absolute atomic E-state index is 5.93. The molecule has 3 heteroatoms. The normalized spacial score (nSPS) is 12.7. The summed E-state index contributed by atoms with van der Waals surface area (Å²) in [5.41, 5.74) is 9.72. The zero-order chi connectivity index (χ0) is 13.9. The lowest BCUT2D eigenvalue weighted by Gasteiger charge is -2.09. The van der Waals surface area contributed by atoms with Crippen LogP contribution in [0.3, 0.4) is 0 Å². The van der Waals surface area contributed by atoms with Gasteiger partial charge in [0.15, 0.2) is 0 Å². The van der Waals surface area contributed by atoms with Gasteiger partial charge in [0.05, 0.1) is 0 Å². The molecule has 1 unspecified atom stereocenters. The number of hydrogen-bond donors (Lipinski definition) is 1. The number of nitrogens with two attached hydrogens (primary N) is 1. The third-order valence-electron chi connectivity index (χ3n) is 3.52. The van der Waals surface area contributed by atoms with Gasteiger partial charge in [-0.3, -0.25) is 4.98 Å². The Labute approximate surface area is 119 Å². The van der Waals surface area contributed by atoms with E-state index in [4.69, 9.17) is 5.73 Å². The van der Waals surface area contributed by atoms with E-state index >= 15 is 0 Å². The number of aromatic nitrogens is 2. The lowest BCUT2D eigenvalue weighted by molar-refractivity contribution is 0.741. The van der Waals surface area contributed by atoms with Crippen molar-refractivity contribution in [2.45, 2.75) is 25.9 Å². The van der Waals surface area contributed by atoms with Crippen molar-refractivity contribution >= 4 is 10.9 Å². The molecule has 0 saturated carbocycles. The highest BCUT2D eigenvalue weighted by atomic mass is 15.0. The third kappa shape index (κ3) is 2.58. The molecule has 0 bridgehead atoms. The Kier molecular flexibility index (Phi) is 3.52. The number of rotatable bonds is 4. The Balaban J connectivity index is 1.97. The first-order chi connectivity index (χ1) is 9.74. The Bertz CT molecular complexity index is 699. The van der Waals surface area contributed by atoms with Crippen LogP contribution in [-0.2, 0) is 13.0 Å². The predicted octanol–water partition coefficient (Wildman–Crippen LogP) is 2.97. The fourth-order valence-corrected chi connectivity index (χ4v) is 2.64. The summed E-state index contributed by atoms with van der Waals surface area (Å²) in [6.07, 6.45) is 6.77. The Morgan fingerprint density at radius 1 is 1.20 bits per heavy atom. The smallest absolute Gasteiger partial charge is 0.0491 e. The quantitative estimate of drug-likeness (QED) is 0.788. The average Bonchev–Trinajstić information content (AvgIpc) is 2.84. The second kappa shape index (κ2) is 5.47. The molecule has 0 aliphatic heterocycles. The fourth-order valence-electron chi connectivity index (χ4n) is 2.64. The maximum atomic E-state index is 5.93. The zero-order valence-corrected chi connectivity index (χ0v) is 11.7. The van der Waals surface area contributed by atoms with Gasteiger partial charge in [0.1, 0.15) is 0 Å². The number of hydrogen-bond acceptors (Lipinski definition) is 2. The van der Waals surface area contributed by atoms with Crippen LogP contribution in [0.25, 0.3) is 10.9 Å². The van der Waals surface area contributed by atoms with Crippen molar-refractivity contribution in [3.63, 3.8) is 0 Å². The molecule has 1 aromatic carbocycles. The van der Waals surface area contributed by atoms with Crippen LogP contribution in [0, 0.1) is 0 Å². The molecule has 0 spiro atoms. The van der Waals surface area contributed by atoms with E-state index in [0.29, 0.717) is 0 Å². The Morgan fingerprint density at radius 2 is 2.10 bits per heavy atom. The first-order valence-corrected chi connectivity index (χ1v) is 6.95. The molecule has 2 N–H and O–H groups in total. The van der Waals surface area contributed by atoms with Crippen LogP contribution in [0.15, 0.2) is 55.0 Å². The highest BCUT2D eigenvalue weighted by Crippen LogP contribution is 2.22. The van der Waals surface area contributed by atoms with E-state index in [2.05, 4.69) is 46.1 Å². The average molecular weight is 265 g/mol. The van der Waals surface area contributed by atoms with Gasteiger partial charge in [0, 0.05) is 42.1 Å². The molecule has 0 saturated heterocycles. The van der Waals surface area contributed by atoms with Crippen molar-refractivity contribution in [1.82, 2.24) is 9.55 Å². The molecule has 0 aliphatic rings. The molecule has 2 heterocycles. The second-order valence-corrected chi connectivity index (χ2v) is 5.34. The van der Waals surface area contributed by atoms with Crippen molar-refractivity contribution in [2.24, 2.45) is 5.73 Å². The van der Waals surface area contributed by atoms with Gasteiger partial charge in [0.25, 0.3) is 0 Å². The molecule has 1 atom stereocenters. The largest absolute Gasteiger partial charge is 0.343 e. The van der Waals surface area contributed by atoms with Crippen molar-refractivity contribution in [3.8, 4) is 0 Å². The molecule has 2 aromatic heterocycles.